The van der Waals surface area contributed by atoms with E-state index in [9.17, 15) is 13.2 Å². The Bertz CT molecular complexity index is 462. The maximum absolute atomic E-state index is 11.8. The summed E-state index contributed by atoms with van der Waals surface area (Å²) in [5.41, 5.74) is 0. The van der Waals surface area contributed by atoms with Crippen molar-refractivity contribution in [3.63, 3.8) is 0 Å². The van der Waals surface area contributed by atoms with Gasteiger partial charge in [0.2, 0.25) is 0 Å². The van der Waals surface area contributed by atoms with E-state index >= 15 is 0 Å². The number of rotatable bonds is 2. The highest BCUT2D eigenvalue weighted by atomic mass is 79.9. The molecule has 0 amide bonds. The fourth-order valence-electron chi connectivity index (χ4n) is 2.82. The summed E-state index contributed by atoms with van der Waals surface area (Å²) in [6, 6.07) is 0. The molecule has 0 aromatic rings. The maximum atomic E-state index is 11.8. The van der Waals surface area contributed by atoms with Gasteiger partial charge >= 0.3 is 5.97 Å². The molecule has 0 radical (unpaired) electrons. The molecule has 0 aromatic heterocycles. The quantitative estimate of drug-likeness (QED) is 0.397. The summed E-state index contributed by atoms with van der Waals surface area (Å²) in [5.74, 6) is -1.31. The van der Waals surface area contributed by atoms with Crippen molar-refractivity contribution >= 4 is 32.0 Å². The predicted molar refractivity (Wildman–Crippen MR) is 59.1 cm³/mol. The van der Waals surface area contributed by atoms with Crippen LogP contribution in [0.3, 0.4) is 0 Å². The summed E-state index contributed by atoms with van der Waals surface area (Å²) in [5, 5.41) is -0.912. The van der Waals surface area contributed by atoms with Crippen molar-refractivity contribution in [2.24, 2.45) is 5.92 Å². The van der Waals surface area contributed by atoms with E-state index in [1.54, 1.807) is 6.92 Å². The molecule has 3 rings (SSSR count). The lowest BCUT2D eigenvalue weighted by Crippen LogP contribution is -2.46. The Morgan fingerprint density at radius 3 is 2.71 bits per heavy atom. The zero-order valence-corrected chi connectivity index (χ0v) is 11.3. The summed E-state index contributed by atoms with van der Waals surface area (Å²) in [6.45, 7) is 1.90. The molecule has 0 aliphatic carbocycles. The van der Waals surface area contributed by atoms with Crippen molar-refractivity contribution in [2.45, 2.75) is 35.3 Å². The number of ether oxygens (including phenoxy) is 2. The lowest BCUT2D eigenvalue weighted by molar-refractivity contribution is -0.149. The molecule has 0 spiro atoms. The van der Waals surface area contributed by atoms with Gasteiger partial charge in [-0.3, -0.25) is 8.98 Å². The molecular weight excluding hydrogens is 316 g/mol. The van der Waals surface area contributed by atoms with E-state index < -0.39 is 45.6 Å². The molecule has 0 saturated carbocycles. The van der Waals surface area contributed by atoms with Crippen molar-refractivity contribution in [3.8, 4) is 0 Å². The van der Waals surface area contributed by atoms with Crippen LogP contribution in [0.2, 0.25) is 0 Å². The third kappa shape index (κ3) is 1.44. The van der Waals surface area contributed by atoms with Crippen LogP contribution in [0, 0.1) is 5.92 Å². The zero-order valence-electron chi connectivity index (χ0n) is 8.91. The van der Waals surface area contributed by atoms with Gasteiger partial charge in [0.25, 0.3) is 10.1 Å². The number of carbonyl (C=O) groups excluding carboxylic acids is 1. The van der Waals surface area contributed by atoms with E-state index in [0.717, 1.165) is 0 Å². The van der Waals surface area contributed by atoms with E-state index in [2.05, 4.69) is 15.9 Å². The molecular formula is C9H11BrO6S. The van der Waals surface area contributed by atoms with Crippen LogP contribution in [0.15, 0.2) is 0 Å². The van der Waals surface area contributed by atoms with Crippen molar-refractivity contribution < 1.29 is 26.9 Å². The highest BCUT2D eigenvalue weighted by molar-refractivity contribution is 9.09. The van der Waals surface area contributed by atoms with Gasteiger partial charge in [0, 0.05) is 0 Å². The van der Waals surface area contributed by atoms with Crippen molar-refractivity contribution in [3.05, 3.63) is 0 Å². The Hall–Kier alpha value is -0.180. The Balaban J connectivity index is 1.99. The molecule has 0 N–H and O–H groups in total. The number of alkyl halides is 1. The molecule has 3 heterocycles. The largest absolute Gasteiger partial charge is 0.466 e. The highest BCUT2D eigenvalue weighted by Gasteiger charge is 2.72. The lowest BCUT2D eigenvalue weighted by Gasteiger charge is -2.23. The third-order valence-electron chi connectivity index (χ3n) is 3.43. The molecule has 3 aliphatic rings. The number of fused-ring (bicyclic) bond motifs is 1. The van der Waals surface area contributed by atoms with E-state index in [4.69, 9.17) is 13.7 Å². The van der Waals surface area contributed by atoms with Crippen LogP contribution in [0.4, 0.5) is 0 Å². The van der Waals surface area contributed by atoms with Crippen LogP contribution in [-0.2, 0) is 28.6 Å². The summed E-state index contributed by atoms with van der Waals surface area (Å²) in [7, 11) is -3.73. The minimum Gasteiger partial charge on any atom is -0.466 e. The standard InChI is InChI=1S/C9H11BrO6S/c1-2-14-9(11)3-5-4(10)6-7(15-5)8(3)17(12,13)16-6/h3-8H,2H2,1H3/t3-,4-,5+,6+,7-,8+/m0/s1. The van der Waals surface area contributed by atoms with Gasteiger partial charge in [-0.25, -0.2) is 0 Å². The Morgan fingerprint density at radius 2 is 2.06 bits per heavy atom. The highest BCUT2D eigenvalue weighted by Crippen LogP contribution is 2.52. The van der Waals surface area contributed by atoms with Crippen LogP contribution in [0.1, 0.15) is 6.92 Å². The second-order valence-electron chi connectivity index (χ2n) is 4.31. The van der Waals surface area contributed by atoms with Crippen LogP contribution in [-0.4, -0.2) is 49.4 Å². The lowest BCUT2D eigenvalue weighted by atomic mass is 9.87. The van der Waals surface area contributed by atoms with E-state index in [-0.39, 0.29) is 11.4 Å². The average molecular weight is 327 g/mol. The summed E-state index contributed by atoms with van der Waals surface area (Å²) < 4.78 is 39.1. The normalized spacial score (nSPS) is 49.5. The number of hydrogen-bond donors (Lipinski definition) is 0. The van der Waals surface area contributed by atoms with Crippen molar-refractivity contribution in [2.75, 3.05) is 6.61 Å². The van der Waals surface area contributed by atoms with Gasteiger partial charge in [0.15, 0.2) is 0 Å². The summed E-state index contributed by atoms with van der Waals surface area (Å²) in [4.78, 5) is 11.5. The van der Waals surface area contributed by atoms with Crippen LogP contribution in [0.5, 0.6) is 0 Å². The van der Waals surface area contributed by atoms with Gasteiger partial charge in [0.1, 0.15) is 23.4 Å². The predicted octanol–water partition coefficient (Wildman–Crippen LogP) is -0.193. The first kappa shape index (κ1) is 11.9. The molecule has 3 aliphatic heterocycles. The van der Waals surface area contributed by atoms with Gasteiger partial charge in [-0.2, -0.15) is 8.42 Å². The SMILES string of the molecule is CCOC(=O)[C@H]1[C@H]2O[C@H]3[C@H](OS(=O)(=O)[C@@H]31)[C@H]2Br. The average Bonchev–Trinajstić information content (AvgIpc) is 2.81. The first-order valence-electron chi connectivity index (χ1n) is 5.35. The second-order valence-corrected chi connectivity index (χ2v) is 7.09. The topological polar surface area (TPSA) is 78.9 Å². The van der Waals surface area contributed by atoms with E-state index in [1.165, 1.54) is 0 Å². The summed E-state index contributed by atoms with van der Waals surface area (Å²) in [6.07, 6.45) is -1.55. The molecule has 6 atom stereocenters. The fourth-order valence-corrected chi connectivity index (χ4v) is 5.66. The molecule has 8 heteroatoms. The summed E-state index contributed by atoms with van der Waals surface area (Å²) >= 11 is 3.34. The first-order chi connectivity index (χ1) is 7.97. The van der Waals surface area contributed by atoms with Gasteiger partial charge in [-0.05, 0) is 6.92 Å². The molecule has 3 fully saturated rings. The molecule has 2 bridgehead atoms. The maximum Gasteiger partial charge on any atom is 0.313 e. The Kier molecular flexibility index (Phi) is 2.56. The molecule has 0 unspecified atom stereocenters. The number of hydrogen-bond acceptors (Lipinski definition) is 6. The van der Waals surface area contributed by atoms with Gasteiger partial charge < -0.3 is 9.47 Å². The third-order valence-corrected chi connectivity index (χ3v) is 6.20. The first-order valence-corrected chi connectivity index (χ1v) is 7.74. The number of esters is 1. The zero-order chi connectivity index (χ0) is 12.4. The van der Waals surface area contributed by atoms with Crippen molar-refractivity contribution in [1.82, 2.24) is 0 Å². The number of carbonyl (C=O) groups is 1. The Labute approximate surface area is 107 Å². The Morgan fingerprint density at radius 1 is 1.35 bits per heavy atom. The second kappa shape index (κ2) is 3.66. The van der Waals surface area contributed by atoms with E-state index in [1.807, 2.05) is 0 Å². The fraction of sp³-hybridized carbons (Fsp3) is 0.889. The molecule has 0 aromatic carbocycles. The van der Waals surface area contributed by atoms with E-state index in [0.29, 0.717) is 0 Å². The molecule has 3 saturated heterocycles. The molecule has 96 valence electrons. The van der Waals surface area contributed by atoms with Gasteiger partial charge in [0.05, 0.1) is 17.5 Å². The number of halogens is 1. The minimum atomic E-state index is -3.73. The van der Waals surface area contributed by atoms with Crippen LogP contribution >= 0.6 is 15.9 Å². The van der Waals surface area contributed by atoms with Gasteiger partial charge in [-0.1, -0.05) is 15.9 Å². The molecule has 6 nitrogen and oxygen atoms in total. The monoisotopic (exact) mass is 326 g/mol. The van der Waals surface area contributed by atoms with Crippen molar-refractivity contribution in [1.29, 1.82) is 0 Å². The molecule has 17 heavy (non-hydrogen) atoms. The van der Waals surface area contributed by atoms with Gasteiger partial charge in [-0.15, -0.1) is 0 Å². The minimum absolute atomic E-state index is 0.219. The smallest absolute Gasteiger partial charge is 0.313 e. The van der Waals surface area contributed by atoms with Crippen LogP contribution in [0.25, 0.3) is 0 Å². The van der Waals surface area contributed by atoms with Crippen LogP contribution < -0.4 is 0 Å².